The molecular weight excluding hydrogens is 550 g/mol. The van der Waals surface area contributed by atoms with Crippen LogP contribution in [0.5, 0.6) is 11.5 Å². The molecule has 0 aromatic heterocycles. The third-order valence-corrected chi connectivity index (χ3v) is 6.43. The average molecular weight is 591 g/mol. The zero-order valence-electron chi connectivity index (χ0n) is 24.9. The molecule has 0 saturated heterocycles. The molecule has 0 saturated carbocycles. The van der Waals surface area contributed by atoms with Crippen LogP contribution in [0.2, 0.25) is 0 Å². The molecule has 41 heavy (non-hydrogen) atoms. The van der Waals surface area contributed by atoms with E-state index < -0.39 is 23.5 Å². The predicted molar refractivity (Wildman–Crippen MR) is 150 cm³/mol. The molecule has 0 atom stereocenters. The number of alkyl halides is 6. The van der Waals surface area contributed by atoms with Crippen molar-refractivity contribution in [3.63, 3.8) is 0 Å². The van der Waals surface area contributed by atoms with Gasteiger partial charge in [-0.2, -0.15) is 26.3 Å². The van der Waals surface area contributed by atoms with Gasteiger partial charge in [-0.05, 0) is 52.6 Å². The molecular formula is C31H40F6O4. The van der Waals surface area contributed by atoms with Crippen molar-refractivity contribution in [3.05, 3.63) is 71.8 Å². The number of ether oxygens (including phenoxy) is 4. The van der Waals surface area contributed by atoms with E-state index in [-0.39, 0.29) is 35.5 Å². The Labute approximate surface area is 238 Å². The summed E-state index contributed by atoms with van der Waals surface area (Å²) in [5.74, 6) is 1.04. The first-order valence-electron chi connectivity index (χ1n) is 12.8. The zero-order valence-corrected chi connectivity index (χ0v) is 24.9. The Morgan fingerprint density at radius 1 is 0.659 bits per heavy atom. The summed E-state index contributed by atoms with van der Waals surface area (Å²) in [5.41, 5.74) is -0.885. The fraction of sp³-hybridized carbons (Fsp3) is 0.484. The molecule has 230 valence electrons. The topological polar surface area (TPSA) is 36.9 Å². The molecule has 0 unspecified atom stereocenters. The van der Waals surface area contributed by atoms with Crippen LogP contribution in [-0.4, -0.2) is 40.2 Å². The van der Waals surface area contributed by atoms with Gasteiger partial charge in [-0.15, -0.1) is 0 Å². The maximum Gasteiger partial charge on any atom is 0.416 e. The van der Waals surface area contributed by atoms with Crippen LogP contribution in [0.3, 0.4) is 0 Å². The lowest BCUT2D eigenvalue weighted by molar-refractivity contribution is -0.0695. The zero-order chi connectivity index (χ0) is 31.8. The molecule has 4 nitrogen and oxygen atoms in total. The molecule has 0 bridgehead atoms. The van der Waals surface area contributed by atoms with Crippen molar-refractivity contribution in [2.75, 3.05) is 27.8 Å². The molecule has 0 aliphatic heterocycles. The van der Waals surface area contributed by atoms with Gasteiger partial charge in [0.1, 0.15) is 11.5 Å². The molecule has 2 rings (SSSR count). The largest absolute Gasteiger partial charge is 0.467 e. The number of benzene rings is 2. The van der Waals surface area contributed by atoms with Crippen LogP contribution in [0.4, 0.5) is 26.3 Å². The van der Waals surface area contributed by atoms with Crippen molar-refractivity contribution in [2.45, 2.75) is 71.1 Å². The second kappa shape index (κ2) is 14.3. The smallest absolute Gasteiger partial charge is 0.416 e. The second-order valence-electron chi connectivity index (χ2n) is 11.0. The maximum atomic E-state index is 12.8. The lowest BCUT2D eigenvalue weighted by Gasteiger charge is -2.27. The Morgan fingerprint density at radius 2 is 1.02 bits per heavy atom. The summed E-state index contributed by atoms with van der Waals surface area (Å²) in [5, 5.41) is 0. The molecule has 2 aromatic carbocycles. The van der Waals surface area contributed by atoms with E-state index in [1.165, 1.54) is 50.6 Å². The highest BCUT2D eigenvalue weighted by Crippen LogP contribution is 2.40. The number of halogens is 6. The van der Waals surface area contributed by atoms with E-state index >= 15 is 0 Å². The highest BCUT2D eigenvalue weighted by atomic mass is 19.4. The number of allylic oxidation sites excluding steroid dienone is 2. The summed E-state index contributed by atoms with van der Waals surface area (Å²) in [6, 6.07) is 8.76. The van der Waals surface area contributed by atoms with Crippen LogP contribution >= 0.6 is 0 Å². The van der Waals surface area contributed by atoms with Gasteiger partial charge in [0.05, 0.1) is 11.1 Å². The Kier molecular flexibility index (Phi) is 12.5. The number of hydrogen-bond donors (Lipinski definition) is 0. The highest BCUT2D eigenvalue weighted by Gasteiger charge is 2.35. The quantitative estimate of drug-likeness (QED) is 0.204. The lowest BCUT2D eigenvalue weighted by Crippen LogP contribution is -2.19. The Balaban J connectivity index is 0.000000410. The molecule has 0 aliphatic rings. The minimum Gasteiger partial charge on any atom is -0.467 e. The minimum atomic E-state index is -4.44. The molecule has 0 fully saturated rings. The maximum absolute atomic E-state index is 12.8. The van der Waals surface area contributed by atoms with E-state index in [2.05, 4.69) is 13.2 Å². The minimum absolute atomic E-state index is 0.0443. The number of methoxy groups -OCH3 is 2. The fourth-order valence-electron chi connectivity index (χ4n) is 3.56. The molecule has 0 spiro atoms. The Bertz CT molecular complexity index is 1170. The van der Waals surface area contributed by atoms with Gasteiger partial charge in [0.25, 0.3) is 0 Å². The summed E-state index contributed by atoms with van der Waals surface area (Å²) in [6.07, 6.45) is -8.12. The summed E-state index contributed by atoms with van der Waals surface area (Å²) in [4.78, 5) is 0. The van der Waals surface area contributed by atoms with Crippen LogP contribution in [0.1, 0.15) is 70.2 Å². The second-order valence-corrected chi connectivity index (χ2v) is 11.0. The van der Waals surface area contributed by atoms with Crippen LogP contribution in [-0.2, 0) is 20.3 Å². The molecule has 0 amide bonds. The first-order valence-corrected chi connectivity index (χ1v) is 12.8. The van der Waals surface area contributed by atoms with Crippen LogP contribution in [0, 0.1) is 0 Å². The predicted octanol–water partition coefficient (Wildman–Crippen LogP) is 9.47. The Hall–Kier alpha value is -2.98. The number of rotatable bonds is 10. The SMILES string of the molecule is C=C(c1ccc(OCOC)c(C(C)(C)C)c1)C(F)(F)F.C=C(c1ccc(OCOC)c(C(C)(C)CC)c1)C(F)(F)F. The van der Waals surface area contributed by atoms with E-state index in [1.807, 2.05) is 41.5 Å². The van der Waals surface area contributed by atoms with E-state index in [0.29, 0.717) is 22.6 Å². The van der Waals surface area contributed by atoms with Crippen molar-refractivity contribution in [1.29, 1.82) is 0 Å². The Morgan fingerprint density at radius 3 is 1.34 bits per heavy atom. The van der Waals surface area contributed by atoms with Crippen molar-refractivity contribution < 1.29 is 45.3 Å². The van der Waals surface area contributed by atoms with Crippen LogP contribution in [0.25, 0.3) is 11.1 Å². The van der Waals surface area contributed by atoms with Crippen molar-refractivity contribution in [2.24, 2.45) is 0 Å². The van der Waals surface area contributed by atoms with Gasteiger partial charge in [-0.1, -0.05) is 66.8 Å². The number of hydrogen-bond acceptors (Lipinski definition) is 4. The van der Waals surface area contributed by atoms with E-state index in [4.69, 9.17) is 18.9 Å². The summed E-state index contributed by atoms with van der Waals surface area (Å²) >= 11 is 0. The first kappa shape index (κ1) is 36.0. The van der Waals surface area contributed by atoms with E-state index in [0.717, 1.165) is 6.42 Å². The van der Waals surface area contributed by atoms with E-state index in [9.17, 15) is 26.3 Å². The monoisotopic (exact) mass is 590 g/mol. The van der Waals surface area contributed by atoms with Crippen molar-refractivity contribution in [1.82, 2.24) is 0 Å². The molecule has 2 aromatic rings. The molecule has 10 heteroatoms. The van der Waals surface area contributed by atoms with Gasteiger partial charge in [0, 0.05) is 25.3 Å². The summed E-state index contributed by atoms with van der Waals surface area (Å²) < 4.78 is 97.1. The third-order valence-electron chi connectivity index (χ3n) is 6.43. The van der Waals surface area contributed by atoms with Gasteiger partial charge in [0.15, 0.2) is 13.6 Å². The lowest BCUT2D eigenvalue weighted by atomic mass is 9.80. The average Bonchev–Trinajstić information content (AvgIpc) is 2.88. The van der Waals surface area contributed by atoms with Gasteiger partial charge in [-0.3, -0.25) is 0 Å². The van der Waals surface area contributed by atoms with E-state index in [1.54, 1.807) is 0 Å². The van der Waals surface area contributed by atoms with Gasteiger partial charge in [-0.25, -0.2) is 0 Å². The molecule has 0 N–H and O–H groups in total. The summed E-state index contributed by atoms with van der Waals surface area (Å²) in [7, 11) is 2.97. The standard InChI is InChI=1S/C16H21F3O2.C15H19F3O2/c1-6-15(3,4)13-9-12(11(2)16(17,18)19)7-8-14(13)21-10-20-5;1-10(15(16,17)18)11-6-7-13(20-9-19-5)12(8-11)14(2,3)4/h7-9H,2,6,10H2,1,3-5H3;6-8H,1,9H2,2-5H3. The van der Waals surface area contributed by atoms with Crippen LogP contribution in [0.15, 0.2) is 49.6 Å². The van der Waals surface area contributed by atoms with Gasteiger partial charge >= 0.3 is 12.4 Å². The molecule has 0 heterocycles. The molecule has 0 aliphatic carbocycles. The normalized spacial score (nSPS) is 12.3. The van der Waals surface area contributed by atoms with Crippen molar-refractivity contribution in [3.8, 4) is 11.5 Å². The van der Waals surface area contributed by atoms with Gasteiger partial charge in [0.2, 0.25) is 0 Å². The van der Waals surface area contributed by atoms with Crippen LogP contribution < -0.4 is 9.47 Å². The fourth-order valence-corrected chi connectivity index (χ4v) is 3.56. The van der Waals surface area contributed by atoms with Gasteiger partial charge < -0.3 is 18.9 Å². The molecule has 0 radical (unpaired) electrons. The summed E-state index contributed by atoms with van der Waals surface area (Å²) in [6.45, 7) is 18.0. The third kappa shape index (κ3) is 10.4. The van der Waals surface area contributed by atoms with Crippen molar-refractivity contribution >= 4 is 11.1 Å². The highest BCUT2D eigenvalue weighted by molar-refractivity contribution is 5.70. The first-order chi connectivity index (χ1) is 18.7.